The van der Waals surface area contributed by atoms with E-state index in [1.807, 2.05) is 0 Å². The second kappa shape index (κ2) is 8.88. The fourth-order valence-corrected chi connectivity index (χ4v) is 2.58. The van der Waals surface area contributed by atoms with Gasteiger partial charge in [-0.2, -0.15) is 0 Å². The normalized spacial score (nSPS) is 18.9. The highest BCUT2D eigenvalue weighted by Gasteiger charge is 2.26. The minimum atomic E-state index is -3.92. The molecule has 0 atom stereocenters. The summed E-state index contributed by atoms with van der Waals surface area (Å²) in [5, 5.41) is 0. The van der Waals surface area contributed by atoms with E-state index in [0.717, 1.165) is 0 Å². The minimum absolute atomic E-state index is 0.604. The van der Waals surface area contributed by atoms with E-state index in [9.17, 15) is 0 Å². The van der Waals surface area contributed by atoms with Gasteiger partial charge in [0.2, 0.25) is 0 Å². The van der Waals surface area contributed by atoms with E-state index in [4.69, 9.17) is 13.0 Å². The summed E-state index contributed by atoms with van der Waals surface area (Å²) in [6.07, 6.45) is 9.27. The van der Waals surface area contributed by atoms with Crippen molar-refractivity contribution in [2.45, 2.75) is 52.4 Å². The van der Waals surface area contributed by atoms with Crippen molar-refractivity contribution >= 4 is 10.1 Å². The van der Waals surface area contributed by atoms with E-state index >= 15 is 0 Å². The minimum Gasteiger partial charge on any atom is -0.748 e. The lowest BCUT2D eigenvalue weighted by atomic mass is 10.1. The zero-order chi connectivity index (χ0) is 14.1. The predicted octanol–water partition coefficient (Wildman–Crippen LogP) is 2.36. The van der Waals surface area contributed by atoms with Gasteiger partial charge in [0, 0.05) is 6.26 Å². The number of rotatable bonds is 5. The molecule has 1 fully saturated rings. The first-order valence-electron chi connectivity index (χ1n) is 7.09. The Morgan fingerprint density at radius 1 is 1.06 bits per heavy atom. The molecular formula is C13H29NO3S. The Balaban J connectivity index is 0.000000494. The van der Waals surface area contributed by atoms with E-state index in [1.54, 1.807) is 0 Å². The van der Waals surface area contributed by atoms with E-state index in [1.165, 1.54) is 69.2 Å². The molecule has 0 aliphatic carbocycles. The summed E-state index contributed by atoms with van der Waals surface area (Å²) < 4.78 is 28.7. The Labute approximate surface area is 113 Å². The lowest BCUT2D eigenvalue weighted by Crippen LogP contribution is -2.51. The molecule has 0 saturated carbocycles. The number of nitrogens with zero attached hydrogens (tertiary/aromatic N) is 1. The molecule has 0 radical (unpaired) electrons. The molecule has 18 heavy (non-hydrogen) atoms. The Hall–Kier alpha value is -0.130. The van der Waals surface area contributed by atoms with E-state index in [2.05, 4.69) is 13.8 Å². The van der Waals surface area contributed by atoms with Gasteiger partial charge in [-0.1, -0.05) is 13.3 Å². The molecular weight excluding hydrogens is 250 g/mol. The second-order valence-electron chi connectivity index (χ2n) is 5.30. The van der Waals surface area contributed by atoms with Crippen LogP contribution in [0.15, 0.2) is 0 Å². The van der Waals surface area contributed by atoms with Crippen molar-refractivity contribution < 1.29 is 17.5 Å². The highest BCUT2D eigenvalue weighted by atomic mass is 32.2. The van der Waals surface area contributed by atoms with Gasteiger partial charge in [0.05, 0.1) is 36.3 Å². The number of hydrogen-bond donors (Lipinski definition) is 0. The van der Waals surface area contributed by atoms with Gasteiger partial charge >= 0.3 is 0 Å². The predicted molar refractivity (Wildman–Crippen MR) is 74.4 cm³/mol. The summed E-state index contributed by atoms with van der Waals surface area (Å²) >= 11 is 0. The van der Waals surface area contributed by atoms with Crippen molar-refractivity contribution in [2.24, 2.45) is 0 Å². The van der Waals surface area contributed by atoms with Crippen molar-refractivity contribution in [3.8, 4) is 0 Å². The number of unbranched alkanes of at least 4 members (excludes halogenated alkanes) is 2. The van der Waals surface area contributed by atoms with E-state index in [0.29, 0.717) is 6.26 Å². The van der Waals surface area contributed by atoms with Crippen molar-refractivity contribution in [3.05, 3.63) is 0 Å². The number of piperidine rings is 1. The lowest BCUT2D eigenvalue weighted by Gasteiger charge is -2.41. The van der Waals surface area contributed by atoms with E-state index in [-0.39, 0.29) is 0 Å². The third-order valence-electron chi connectivity index (χ3n) is 3.67. The SMILES string of the molecule is CCCCC[N+]1(CC)CCCCC1.CS(=O)(=O)[O-]. The zero-order valence-electron chi connectivity index (χ0n) is 12.2. The first-order valence-corrected chi connectivity index (χ1v) is 8.90. The molecule has 0 bridgehead atoms. The van der Waals surface area contributed by atoms with Crippen LogP contribution < -0.4 is 0 Å². The molecule has 1 rings (SSSR count). The molecule has 5 heteroatoms. The summed E-state index contributed by atoms with van der Waals surface area (Å²) in [5.41, 5.74) is 0. The van der Waals surface area contributed by atoms with Gasteiger partial charge in [-0.3, -0.25) is 0 Å². The maximum atomic E-state index is 9.08. The van der Waals surface area contributed by atoms with Gasteiger partial charge in [0.15, 0.2) is 0 Å². The Kier molecular flexibility index (Phi) is 8.82. The molecule has 0 aromatic rings. The largest absolute Gasteiger partial charge is 0.748 e. The summed E-state index contributed by atoms with van der Waals surface area (Å²) in [6, 6.07) is 0. The molecule has 0 spiro atoms. The molecule has 0 unspecified atom stereocenters. The second-order valence-corrected chi connectivity index (χ2v) is 6.71. The molecule has 0 amide bonds. The van der Waals surface area contributed by atoms with Crippen molar-refractivity contribution in [2.75, 3.05) is 32.4 Å². The average Bonchev–Trinajstić information content (AvgIpc) is 2.28. The highest BCUT2D eigenvalue weighted by Crippen LogP contribution is 2.19. The Bertz CT molecular complexity index is 287. The van der Waals surface area contributed by atoms with Crippen LogP contribution in [0.3, 0.4) is 0 Å². The van der Waals surface area contributed by atoms with Crippen LogP contribution in [0.5, 0.6) is 0 Å². The monoisotopic (exact) mass is 279 g/mol. The van der Waals surface area contributed by atoms with Crippen LogP contribution in [0.1, 0.15) is 52.4 Å². The molecule has 0 N–H and O–H groups in total. The van der Waals surface area contributed by atoms with Gasteiger partial charge in [0.25, 0.3) is 0 Å². The van der Waals surface area contributed by atoms with Crippen LogP contribution in [-0.4, -0.2) is 49.9 Å². The van der Waals surface area contributed by atoms with Gasteiger partial charge < -0.3 is 9.04 Å². The number of quaternary nitrogens is 1. The third-order valence-corrected chi connectivity index (χ3v) is 3.67. The first-order chi connectivity index (χ1) is 8.33. The van der Waals surface area contributed by atoms with Crippen molar-refractivity contribution in [1.82, 2.24) is 0 Å². The van der Waals surface area contributed by atoms with Gasteiger partial charge in [-0.15, -0.1) is 0 Å². The fourth-order valence-electron chi connectivity index (χ4n) is 2.58. The van der Waals surface area contributed by atoms with Crippen LogP contribution in [-0.2, 0) is 10.1 Å². The van der Waals surface area contributed by atoms with Crippen LogP contribution in [0.4, 0.5) is 0 Å². The molecule has 110 valence electrons. The average molecular weight is 279 g/mol. The van der Waals surface area contributed by atoms with Crippen molar-refractivity contribution in [1.29, 1.82) is 0 Å². The zero-order valence-corrected chi connectivity index (χ0v) is 13.0. The van der Waals surface area contributed by atoms with Gasteiger partial charge in [0.1, 0.15) is 0 Å². The summed E-state index contributed by atoms with van der Waals surface area (Å²) in [4.78, 5) is 0. The first kappa shape index (κ1) is 17.9. The van der Waals surface area contributed by atoms with Crippen LogP contribution >= 0.6 is 0 Å². The van der Waals surface area contributed by atoms with Gasteiger partial charge in [-0.05, 0) is 39.0 Å². The fraction of sp³-hybridized carbons (Fsp3) is 1.00. The van der Waals surface area contributed by atoms with Crippen molar-refractivity contribution in [3.63, 3.8) is 0 Å². The Morgan fingerprint density at radius 2 is 1.56 bits per heavy atom. The molecule has 1 heterocycles. The van der Waals surface area contributed by atoms with Crippen LogP contribution in [0, 0.1) is 0 Å². The van der Waals surface area contributed by atoms with Gasteiger partial charge in [-0.25, -0.2) is 8.42 Å². The quantitative estimate of drug-likeness (QED) is 0.441. The van der Waals surface area contributed by atoms with Crippen LogP contribution in [0.2, 0.25) is 0 Å². The topological polar surface area (TPSA) is 57.2 Å². The third kappa shape index (κ3) is 9.85. The summed E-state index contributed by atoms with van der Waals surface area (Å²) in [6.45, 7) is 10.4. The molecule has 0 aromatic heterocycles. The molecule has 1 aliphatic heterocycles. The Morgan fingerprint density at radius 3 is 1.94 bits per heavy atom. The maximum absolute atomic E-state index is 9.08. The molecule has 0 aromatic carbocycles. The summed E-state index contributed by atoms with van der Waals surface area (Å²) in [7, 11) is -3.92. The molecule has 4 nitrogen and oxygen atoms in total. The summed E-state index contributed by atoms with van der Waals surface area (Å²) in [5.74, 6) is 0. The maximum Gasteiger partial charge on any atom is 0.0916 e. The van der Waals surface area contributed by atoms with Crippen LogP contribution in [0.25, 0.3) is 0 Å². The molecule has 1 aliphatic rings. The van der Waals surface area contributed by atoms with E-state index < -0.39 is 10.1 Å². The molecule has 1 saturated heterocycles. The number of hydrogen-bond acceptors (Lipinski definition) is 3. The highest BCUT2D eigenvalue weighted by molar-refractivity contribution is 7.84. The number of likely N-dealkylation sites (tertiary alicyclic amines) is 1. The standard InChI is InChI=1S/C12H26N.CH4O3S/c1-3-5-7-10-13(4-2)11-8-6-9-12-13;1-5(2,3)4/h3-12H2,1-2H3;1H3,(H,2,3,4)/q+1;/p-1. The lowest BCUT2D eigenvalue weighted by molar-refractivity contribution is -0.931. The smallest absolute Gasteiger partial charge is 0.0916 e.